The normalized spacial score (nSPS) is 14.5. The molecule has 2 unspecified atom stereocenters. The molecule has 0 spiro atoms. The molecule has 0 bridgehead atoms. The van der Waals surface area contributed by atoms with Crippen LogP contribution in [0.4, 0.5) is 0 Å². The maximum Gasteiger partial charge on any atom is 0.0110 e. The Balaban J connectivity index is 2.69. The average molecular weight is 1320 g/mol. The fraction of sp³-hybridized carbons (Fsp3) is 0.933. The fourth-order valence-electron chi connectivity index (χ4n) is 14.7. The van der Waals surface area contributed by atoms with Gasteiger partial charge in [0, 0.05) is 39.3 Å². The molecule has 94 heavy (non-hydrogen) atoms. The number of nitrogens with zero attached hydrogens (tertiary/aromatic N) is 3. The van der Waals surface area contributed by atoms with Gasteiger partial charge in [-0.3, -0.25) is 0 Å². The van der Waals surface area contributed by atoms with E-state index in [9.17, 15) is 0 Å². The van der Waals surface area contributed by atoms with Crippen LogP contribution in [0.2, 0.25) is 0 Å². The van der Waals surface area contributed by atoms with Gasteiger partial charge >= 0.3 is 0 Å². The second-order valence-electron chi connectivity index (χ2n) is 31.3. The zero-order valence-electron chi connectivity index (χ0n) is 65.9. The van der Waals surface area contributed by atoms with E-state index in [-0.39, 0.29) is 0 Å². The van der Waals surface area contributed by atoms with Crippen LogP contribution in [0, 0.1) is 17.8 Å². The molecule has 0 aromatic rings. The van der Waals surface area contributed by atoms with Crippen LogP contribution in [0.3, 0.4) is 0 Å². The topological polar surface area (TPSA) is 33.8 Å². The number of nitrogens with one attached hydrogen (secondary N) is 2. The minimum absolute atomic E-state index is 0.875. The van der Waals surface area contributed by atoms with Crippen molar-refractivity contribution in [1.29, 1.82) is 0 Å². The van der Waals surface area contributed by atoms with Crippen LogP contribution >= 0.6 is 0 Å². The number of hydrogen-bond acceptors (Lipinski definition) is 5. The van der Waals surface area contributed by atoms with Crippen molar-refractivity contribution in [3.05, 3.63) is 36.5 Å². The maximum absolute atomic E-state index is 3.94. The van der Waals surface area contributed by atoms with Gasteiger partial charge in [0.15, 0.2) is 0 Å². The van der Waals surface area contributed by atoms with Crippen LogP contribution in [0.25, 0.3) is 0 Å². The lowest BCUT2D eigenvalue weighted by molar-refractivity contribution is 0.195. The lowest BCUT2D eigenvalue weighted by Gasteiger charge is -2.28. The summed E-state index contributed by atoms with van der Waals surface area (Å²) >= 11 is 0. The first-order valence-electron chi connectivity index (χ1n) is 44.1. The fourth-order valence-corrected chi connectivity index (χ4v) is 14.7. The van der Waals surface area contributed by atoms with Crippen LogP contribution < -0.4 is 10.6 Å². The highest BCUT2D eigenvalue weighted by Crippen LogP contribution is 2.46. The van der Waals surface area contributed by atoms with Crippen LogP contribution in [0.15, 0.2) is 36.5 Å². The van der Waals surface area contributed by atoms with Crippen molar-refractivity contribution in [3.63, 3.8) is 0 Å². The second kappa shape index (κ2) is 77.8. The molecule has 0 saturated heterocycles. The smallest absolute Gasteiger partial charge is 0.0110 e. The second-order valence-corrected chi connectivity index (χ2v) is 31.3. The molecule has 1 aliphatic rings. The van der Waals surface area contributed by atoms with Crippen molar-refractivity contribution in [3.8, 4) is 0 Å². The minimum atomic E-state index is 0.875. The molecule has 0 amide bonds. The van der Waals surface area contributed by atoms with Crippen LogP contribution in [-0.4, -0.2) is 99.8 Å². The first kappa shape index (κ1) is 91.0. The number of rotatable bonds is 82. The molecule has 0 aliphatic heterocycles. The van der Waals surface area contributed by atoms with Crippen molar-refractivity contribution in [2.75, 3.05) is 85.1 Å². The molecule has 5 nitrogen and oxygen atoms in total. The zero-order valence-corrected chi connectivity index (χ0v) is 65.9. The van der Waals surface area contributed by atoms with Crippen LogP contribution in [-0.2, 0) is 0 Å². The SMILES string of the molecule is CCCCCCCC/C=C\CCCCCCCCN(CCCCCCCC/C=C\CCCCCCCC)CCN(CCCCCCCCC=CCCC1CC1CC(C)C)CCNCCCCNCCN(CCCCCCCCCCCC)CCCCCCCCCCCC. The quantitative estimate of drug-likeness (QED) is 0.0469. The molecule has 1 fully saturated rings. The van der Waals surface area contributed by atoms with Gasteiger partial charge < -0.3 is 25.3 Å². The summed E-state index contributed by atoms with van der Waals surface area (Å²) in [5.41, 5.74) is 0. The predicted molar refractivity (Wildman–Crippen MR) is 429 cm³/mol. The third kappa shape index (κ3) is 70.9. The zero-order chi connectivity index (χ0) is 67.4. The highest BCUT2D eigenvalue weighted by Gasteiger charge is 2.35. The van der Waals surface area contributed by atoms with E-state index in [1.54, 1.807) is 0 Å². The van der Waals surface area contributed by atoms with Gasteiger partial charge in [-0.05, 0) is 198 Å². The Morgan fingerprint density at radius 2 is 0.479 bits per heavy atom. The highest BCUT2D eigenvalue weighted by atomic mass is 15.2. The lowest BCUT2D eigenvalue weighted by Crippen LogP contribution is -2.40. The number of hydrogen-bond donors (Lipinski definition) is 2. The van der Waals surface area contributed by atoms with E-state index in [1.807, 2.05) is 0 Å². The van der Waals surface area contributed by atoms with Crippen molar-refractivity contribution in [1.82, 2.24) is 25.3 Å². The van der Waals surface area contributed by atoms with Crippen molar-refractivity contribution < 1.29 is 0 Å². The lowest BCUT2D eigenvalue weighted by atomic mass is 10.0. The van der Waals surface area contributed by atoms with Gasteiger partial charge in [0.2, 0.25) is 0 Å². The van der Waals surface area contributed by atoms with Crippen molar-refractivity contribution >= 4 is 0 Å². The van der Waals surface area contributed by atoms with Crippen LogP contribution in [0.5, 0.6) is 0 Å². The van der Waals surface area contributed by atoms with E-state index in [0.717, 1.165) is 43.9 Å². The summed E-state index contributed by atoms with van der Waals surface area (Å²) in [4.78, 5) is 8.61. The Kier molecular flexibility index (Phi) is 75.3. The third-order valence-electron chi connectivity index (χ3n) is 21.3. The number of allylic oxidation sites excluding steroid dienone is 6. The third-order valence-corrected chi connectivity index (χ3v) is 21.3. The van der Waals surface area contributed by atoms with E-state index in [1.165, 1.54) is 451 Å². The highest BCUT2D eigenvalue weighted by molar-refractivity contribution is 4.90. The molecule has 0 aromatic heterocycles. The molecular weight excluding hydrogens is 1140 g/mol. The summed E-state index contributed by atoms with van der Waals surface area (Å²) in [6.07, 6.45) is 100. The predicted octanol–water partition coefficient (Wildman–Crippen LogP) is 27.5. The molecule has 1 aliphatic carbocycles. The molecule has 558 valence electrons. The van der Waals surface area contributed by atoms with Gasteiger partial charge in [-0.1, -0.05) is 335 Å². The summed E-state index contributed by atoms with van der Waals surface area (Å²) < 4.78 is 0. The number of unbranched alkanes of at least 4 members (excludes halogenated alkanes) is 49. The van der Waals surface area contributed by atoms with Gasteiger partial charge in [0.05, 0.1) is 0 Å². The molecule has 2 N–H and O–H groups in total. The van der Waals surface area contributed by atoms with Crippen molar-refractivity contribution in [2.45, 2.75) is 433 Å². The molecule has 1 saturated carbocycles. The largest absolute Gasteiger partial charge is 0.315 e. The molecule has 2 atom stereocenters. The summed E-state index contributed by atoms with van der Waals surface area (Å²) in [6.45, 7) is 30.1. The van der Waals surface area contributed by atoms with Gasteiger partial charge in [-0.2, -0.15) is 0 Å². The average Bonchev–Trinajstić information content (AvgIpc) is 1.86. The van der Waals surface area contributed by atoms with Gasteiger partial charge in [-0.25, -0.2) is 0 Å². The van der Waals surface area contributed by atoms with E-state index in [2.05, 4.69) is 103 Å². The first-order chi connectivity index (χ1) is 46.5. The molecule has 0 radical (unpaired) electrons. The minimum Gasteiger partial charge on any atom is -0.315 e. The Hall–Kier alpha value is -0.980. The molecule has 0 heterocycles. The van der Waals surface area contributed by atoms with E-state index >= 15 is 0 Å². The van der Waals surface area contributed by atoms with E-state index in [4.69, 9.17) is 0 Å². The molecular formula is C89H177N5. The Morgan fingerprint density at radius 3 is 0.755 bits per heavy atom. The van der Waals surface area contributed by atoms with E-state index in [0.29, 0.717) is 0 Å². The molecule has 0 aromatic carbocycles. The molecule has 1 rings (SSSR count). The Morgan fingerprint density at radius 1 is 0.245 bits per heavy atom. The summed E-state index contributed by atoms with van der Waals surface area (Å²) in [5.74, 6) is 2.96. The molecule has 5 heteroatoms. The van der Waals surface area contributed by atoms with Gasteiger partial charge in [0.25, 0.3) is 0 Å². The monoisotopic (exact) mass is 1320 g/mol. The summed E-state index contributed by atoms with van der Waals surface area (Å²) in [7, 11) is 0. The maximum atomic E-state index is 3.94. The Labute approximate surface area is 594 Å². The van der Waals surface area contributed by atoms with Crippen LogP contribution in [0.1, 0.15) is 433 Å². The van der Waals surface area contributed by atoms with E-state index < -0.39 is 0 Å². The summed E-state index contributed by atoms with van der Waals surface area (Å²) in [6, 6.07) is 0. The van der Waals surface area contributed by atoms with Crippen molar-refractivity contribution in [2.24, 2.45) is 17.8 Å². The standard InChI is InChI=1S/C89H177N5/c1-7-11-15-19-23-27-31-33-35-37-39-42-48-54-60-68-78-93(79-69-61-55-49-43-40-38-36-34-32-28-24-20-16-12-8-2)83-84-94(80-70-62-56-50-44-41-45-51-57-63-71-88-86-89(88)85-87(5)6)82-75-91-73-65-64-72-90-74-81-92(76-66-58-52-46-29-25-21-17-13-9-3)77-67-59-53-47-30-26-22-18-14-10-4/h33-36,51,57,87-91H,7-32,37-50,52-56,58-86H2,1-6H3/b35-33-,36-34-,57-51?. The summed E-state index contributed by atoms with van der Waals surface area (Å²) in [5, 5.41) is 7.84. The Bertz CT molecular complexity index is 1420. The van der Waals surface area contributed by atoms with Gasteiger partial charge in [0.1, 0.15) is 0 Å². The van der Waals surface area contributed by atoms with Gasteiger partial charge in [-0.15, -0.1) is 0 Å². The first-order valence-corrected chi connectivity index (χ1v) is 44.1.